The first-order chi connectivity index (χ1) is 10.7. The second-order valence-corrected chi connectivity index (χ2v) is 5.82. The van der Waals surface area contributed by atoms with Gasteiger partial charge in [0.1, 0.15) is 5.82 Å². The number of nitrogens with one attached hydrogen (secondary N) is 1. The third kappa shape index (κ3) is 2.65. The summed E-state index contributed by atoms with van der Waals surface area (Å²) >= 11 is 0. The Bertz CT molecular complexity index is 661. The van der Waals surface area contributed by atoms with Crippen molar-refractivity contribution in [2.45, 2.75) is 24.5 Å². The van der Waals surface area contributed by atoms with Crippen molar-refractivity contribution in [3.8, 4) is 0 Å². The molecule has 3 rings (SSSR count). The maximum absolute atomic E-state index is 13.7. The maximum Gasteiger partial charge on any atom is 0.129 e. The normalized spacial score (nSPS) is 21.6. The van der Waals surface area contributed by atoms with Crippen LogP contribution in [0.5, 0.6) is 0 Å². The van der Waals surface area contributed by atoms with Gasteiger partial charge in [0.25, 0.3) is 0 Å². The molecule has 4 heteroatoms. The predicted octanol–water partition coefficient (Wildman–Crippen LogP) is 2.28. The van der Waals surface area contributed by atoms with Gasteiger partial charge in [-0.3, -0.25) is 0 Å². The Morgan fingerprint density at radius 3 is 2.64 bits per heavy atom. The first-order valence-corrected chi connectivity index (χ1v) is 7.53. The highest BCUT2D eigenvalue weighted by Gasteiger charge is 2.38. The van der Waals surface area contributed by atoms with Crippen molar-refractivity contribution >= 4 is 0 Å². The van der Waals surface area contributed by atoms with Crippen molar-refractivity contribution in [3.05, 3.63) is 71.0 Å². The number of hydrogen-bond acceptors (Lipinski definition) is 3. The SMILES string of the molecule is OC[C@]1(NC[C@H](O)c2ccccc2F)CCc2ccccc21. The molecule has 1 aliphatic rings. The minimum Gasteiger partial charge on any atom is -0.394 e. The molecule has 0 amide bonds. The third-order valence-corrected chi connectivity index (χ3v) is 4.52. The van der Waals surface area contributed by atoms with Gasteiger partial charge in [0.05, 0.1) is 18.2 Å². The Hall–Kier alpha value is -1.75. The van der Waals surface area contributed by atoms with Gasteiger partial charge in [-0.15, -0.1) is 0 Å². The summed E-state index contributed by atoms with van der Waals surface area (Å²) in [5.74, 6) is -0.415. The summed E-state index contributed by atoms with van der Waals surface area (Å²) in [5.41, 5.74) is 2.00. The number of halogens is 1. The highest BCUT2D eigenvalue weighted by atomic mass is 19.1. The lowest BCUT2D eigenvalue weighted by molar-refractivity contribution is 0.117. The Kier molecular flexibility index (Phi) is 4.25. The van der Waals surface area contributed by atoms with Crippen LogP contribution in [0.3, 0.4) is 0 Å². The molecule has 0 saturated carbocycles. The van der Waals surface area contributed by atoms with Crippen molar-refractivity contribution in [2.24, 2.45) is 0 Å². The average molecular weight is 301 g/mol. The minimum atomic E-state index is -0.947. The summed E-state index contributed by atoms with van der Waals surface area (Å²) in [5, 5.41) is 23.4. The highest BCUT2D eigenvalue weighted by molar-refractivity contribution is 5.39. The number of hydrogen-bond donors (Lipinski definition) is 3. The van der Waals surface area contributed by atoms with E-state index >= 15 is 0 Å². The molecule has 0 fully saturated rings. The number of fused-ring (bicyclic) bond motifs is 1. The van der Waals surface area contributed by atoms with Crippen LogP contribution in [0.25, 0.3) is 0 Å². The van der Waals surface area contributed by atoms with Gasteiger partial charge in [-0.25, -0.2) is 4.39 Å². The zero-order chi connectivity index (χ0) is 15.6. The quantitative estimate of drug-likeness (QED) is 0.794. The molecule has 0 bridgehead atoms. The van der Waals surface area contributed by atoms with Gasteiger partial charge >= 0.3 is 0 Å². The number of aryl methyl sites for hydroxylation is 1. The topological polar surface area (TPSA) is 52.5 Å². The largest absolute Gasteiger partial charge is 0.394 e. The maximum atomic E-state index is 13.7. The molecule has 22 heavy (non-hydrogen) atoms. The lowest BCUT2D eigenvalue weighted by atomic mass is 9.92. The monoisotopic (exact) mass is 301 g/mol. The van der Waals surface area contributed by atoms with E-state index in [0.717, 1.165) is 18.4 Å². The van der Waals surface area contributed by atoms with Crippen LogP contribution >= 0.6 is 0 Å². The summed E-state index contributed by atoms with van der Waals surface area (Å²) in [7, 11) is 0. The summed E-state index contributed by atoms with van der Waals surface area (Å²) in [6.45, 7) is 0.143. The number of aliphatic hydroxyl groups is 2. The van der Waals surface area contributed by atoms with Crippen LogP contribution < -0.4 is 5.32 Å². The molecule has 0 saturated heterocycles. The number of aliphatic hydroxyl groups excluding tert-OH is 2. The molecule has 0 heterocycles. The molecule has 0 aromatic heterocycles. The molecule has 2 aromatic rings. The van der Waals surface area contributed by atoms with Crippen LogP contribution in [0, 0.1) is 5.82 Å². The number of benzene rings is 2. The Morgan fingerprint density at radius 2 is 1.86 bits per heavy atom. The van der Waals surface area contributed by atoms with Crippen LogP contribution in [-0.2, 0) is 12.0 Å². The molecule has 3 nitrogen and oxygen atoms in total. The average Bonchev–Trinajstić information content (AvgIpc) is 2.93. The van der Waals surface area contributed by atoms with Crippen molar-refractivity contribution in [1.82, 2.24) is 5.32 Å². The molecule has 0 aliphatic heterocycles. The van der Waals surface area contributed by atoms with Crippen molar-refractivity contribution in [3.63, 3.8) is 0 Å². The van der Waals surface area contributed by atoms with Crippen LogP contribution in [-0.4, -0.2) is 23.4 Å². The molecule has 3 N–H and O–H groups in total. The van der Waals surface area contributed by atoms with E-state index in [2.05, 4.69) is 11.4 Å². The molecule has 0 spiro atoms. The Labute approximate surface area is 129 Å². The van der Waals surface area contributed by atoms with Crippen molar-refractivity contribution < 1.29 is 14.6 Å². The van der Waals surface area contributed by atoms with E-state index in [4.69, 9.17) is 0 Å². The van der Waals surface area contributed by atoms with E-state index in [0.29, 0.717) is 0 Å². The molecule has 0 unspecified atom stereocenters. The van der Waals surface area contributed by atoms with E-state index in [-0.39, 0.29) is 18.7 Å². The molecular formula is C18H20FNO2. The molecule has 116 valence electrons. The summed E-state index contributed by atoms with van der Waals surface area (Å²) in [4.78, 5) is 0. The zero-order valence-electron chi connectivity index (χ0n) is 12.3. The summed E-state index contributed by atoms with van der Waals surface area (Å²) < 4.78 is 13.7. The fourth-order valence-electron chi connectivity index (χ4n) is 3.24. The van der Waals surface area contributed by atoms with Gasteiger partial charge in [-0.05, 0) is 30.0 Å². The molecular weight excluding hydrogens is 281 g/mol. The first kappa shape index (κ1) is 15.2. The highest BCUT2D eigenvalue weighted by Crippen LogP contribution is 2.36. The van der Waals surface area contributed by atoms with E-state index < -0.39 is 17.5 Å². The van der Waals surface area contributed by atoms with E-state index in [9.17, 15) is 14.6 Å². The van der Waals surface area contributed by atoms with Crippen molar-refractivity contribution in [1.29, 1.82) is 0 Å². The van der Waals surface area contributed by atoms with Crippen LogP contribution in [0.2, 0.25) is 0 Å². The van der Waals surface area contributed by atoms with E-state index in [1.807, 2.05) is 18.2 Å². The van der Waals surface area contributed by atoms with Gasteiger partial charge in [-0.1, -0.05) is 42.5 Å². The Morgan fingerprint density at radius 1 is 1.14 bits per heavy atom. The smallest absolute Gasteiger partial charge is 0.129 e. The van der Waals surface area contributed by atoms with Gasteiger partial charge in [0, 0.05) is 12.1 Å². The van der Waals surface area contributed by atoms with Gasteiger partial charge < -0.3 is 15.5 Å². The van der Waals surface area contributed by atoms with Crippen LogP contribution in [0.15, 0.2) is 48.5 Å². The summed E-state index contributed by atoms with van der Waals surface area (Å²) in [6, 6.07) is 14.2. The first-order valence-electron chi connectivity index (χ1n) is 7.53. The lowest BCUT2D eigenvalue weighted by Gasteiger charge is -2.31. The Balaban J connectivity index is 1.77. The van der Waals surface area contributed by atoms with Crippen LogP contribution in [0.1, 0.15) is 29.2 Å². The lowest BCUT2D eigenvalue weighted by Crippen LogP contribution is -2.45. The van der Waals surface area contributed by atoms with E-state index in [1.54, 1.807) is 18.2 Å². The fraction of sp³-hybridized carbons (Fsp3) is 0.333. The molecule has 1 aliphatic carbocycles. The number of rotatable bonds is 5. The second-order valence-electron chi connectivity index (χ2n) is 5.82. The summed E-state index contributed by atoms with van der Waals surface area (Å²) in [6.07, 6.45) is 0.712. The third-order valence-electron chi connectivity index (χ3n) is 4.52. The van der Waals surface area contributed by atoms with Crippen LogP contribution in [0.4, 0.5) is 4.39 Å². The van der Waals surface area contributed by atoms with Gasteiger partial charge in [0.2, 0.25) is 0 Å². The van der Waals surface area contributed by atoms with Gasteiger partial charge in [0.15, 0.2) is 0 Å². The molecule has 2 aromatic carbocycles. The minimum absolute atomic E-state index is 0.0476. The fourth-order valence-corrected chi connectivity index (χ4v) is 3.24. The second kappa shape index (κ2) is 6.16. The predicted molar refractivity (Wildman–Crippen MR) is 82.9 cm³/mol. The molecule has 2 atom stereocenters. The zero-order valence-corrected chi connectivity index (χ0v) is 12.3. The standard InChI is InChI=1S/C18H20FNO2/c19-16-8-4-2-6-14(16)17(22)11-20-18(12-21)10-9-13-5-1-3-7-15(13)18/h1-8,17,20-22H,9-12H2/t17-,18+/m0/s1. The van der Waals surface area contributed by atoms with Gasteiger partial charge in [-0.2, -0.15) is 0 Å². The van der Waals surface area contributed by atoms with Crippen molar-refractivity contribution in [2.75, 3.05) is 13.2 Å². The van der Waals surface area contributed by atoms with E-state index in [1.165, 1.54) is 11.6 Å². The molecule has 0 radical (unpaired) electrons.